The molecule has 0 bridgehead atoms. The molecule has 0 fully saturated rings. The predicted octanol–water partition coefficient (Wildman–Crippen LogP) is 4.95. The van der Waals surface area contributed by atoms with Gasteiger partial charge < -0.3 is 4.74 Å². The lowest BCUT2D eigenvalue weighted by Crippen LogP contribution is -1.84. The molecule has 16 heavy (non-hydrogen) atoms. The molecule has 0 radical (unpaired) electrons. The van der Waals surface area contributed by atoms with Crippen LogP contribution in [-0.2, 0) is 4.74 Å². The van der Waals surface area contributed by atoms with Crippen molar-refractivity contribution in [2.75, 3.05) is 20.3 Å². The Morgan fingerprint density at radius 3 is 1.69 bits per heavy atom. The van der Waals surface area contributed by atoms with Crippen molar-refractivity contribution in [2.45, 2.75) is 59.8 Å². The minimum atomic E-state index is 0.622. The normalized spacial score (nSPS) is 7.81. The van der Waals surface area contributed by atoms with Gasteiger partial charge in [0.15, 0.2) is 0 Å². The number of rotatable bonds is 6. The molecule has 0 aromatic carbocycles. The van der Waals surface area contributed by atoms with E-state index in [2.05, 4.69) is 30.8 Å². The van der Waals surface area contributed by atoms with Gasteiger partial charge in [-0.3, -0.25) is 0 Å². The van der Waals surface area contributed by atoms with Gasteiger partial charge in [0.2, 0.25) is 0 Å². The first kappa shape index (κ1) is 20.7. The van der Waals surface area contributed by atoms with Crippen LogP contribution in [-0.4, -0.2) is 20.3 Å². The Morgan fingerprint density at radius 1 is 1.00 bits per heavy atom. The van der Waals surface area contributed by atoms with Crippen molar-refractivity contribution < 1.29 is 4.74 Å². The predicted molar refractivity (Wildman–Crippen MR) is 71.7 cm³/mol. The number of hydrogen-bond donors (Lipinski definition) is 0. The van der Waals surface area contributed by atoms with E-state index in [-0.39, 0.29) is 0 Å². The van der Waals surface area contributed by atoms with Gasteiger partial charge >= 0.3 is 0 Å². The van der Waals surface area contributed by atoms with E-state index in [0.29, 0.717) is 6.54 Å². The van der Waals surface area contributed by atoms with Crippen LogP contribution >= 0.6 is 0 Å². The number of azide groups is 1. The zero-order valence-corrected chi connectivity index (χ0v) is 11.7. The van der Waals surface area contributed by atoms with E-state index < -0.39 is 0 Å². The molecule has 0 N–H and O–H groups in total. The van der Waals surface area contributed by atoms with Crippen molar-refractivity contribution in [3.8, 4) is 0 Å². The van der Waals surface area contributed by atoms with Gasteiger partial charge in [0.1, 0.15) is 0 Å². The van der Waals surface area contributed by atoms with Gasteiger partial charge in [0.05, 0.1) is 0 Å². The molecule has 0 spiro atoms. The van der Waals surface area contributed by atoms with Crippen LogP contribution in [0.25, 0.3) is 10.4 Å². The van der Waals surface area contributed by atoms with Crippen LogP contribution in [0.4, 0.5) is 0 Å². The Kier molecular flexibility index (Phi) is 37.7. The largest absolute Gasteiger partial charge is 0.385 e. The van der Waals surface area contributed by atoms with E-state index in [0.717, 1.165) is 13.0 Å². The fourth-order valence-corrected chi connectivity index (χ4v) is 0.433. The van der Waals surface area contributed by atoms with E-state index >= 15 is 0 Å². The Labute approximate surface area is 101 Å². The first-order chi connectivity index (χ1) is 7.74. The fourth-order valence-electron chi connectivity index (χ4n) is 0.433. The molecular formula is C12H29N3O. The van der Waals surface area contributed by atoms with E-state index in [1.54, 1.807) is 7.11 Å². The summed E-state index contributed by atoms with van der Waals surface area (Å²) < 4.78 is 4.78. The first-order valence-corrected chi connectivity index (χ1v) is 6.24. The molecule has 0 heterocycles. The second kappa shape index (κ2) is 29.2. The van der Waals surface area contributed by atoms with Gasteiger partial charge in [-0.25, -0.2) is 0 Å². The highest BCUT2D eigenvalue weighted by Crippen LogP contribution is 1.83. The average Bonchev–Trinajstić information content (AvgIpc) is 2.34. The lowest BCUT2D eigenvalue weighted by molar-refractivity contribution is 0.194. The smallest absolute Gasteiger partial charge is 0.0462 e. The molecule has 0 aromatic rings. The van der Waals surface area contributed by atoms with Crippen molar-refractivity contribution in [3.63, 3.8) is 0 Å². The Morgan fingerprint density at radius 2 is 1.56 bits per heavy atom. The van der Waals surface area contributed by atoms with Crippen LogP contribution < -0.4 is 0 Å². The quantitative estimate of drug-likeness (QED) is 0.276. The van der Waals surface area contributed by atoms with Gasteiger partial charge in [-0.15, -0.1) is 0 Å². The summed E-state index contributed by atoms with van der Waals surface area (Å²) in [6.07, 6.45) is 5.99. The van der Waals surface area contributed by atoms with Gasteiger partial charge in [-0.1, -0.05) is 58.5 Å². The maximum absolute atomic E-state index is 7.66. The molecule has 0 aliphatic heterocycles. The number of ether oxygens (including phenoxy) is 1. The molecule has 0 saturated carbocycles. The topological polar surface area (TPSA) is 58.0 Å². The molecule has 98 valence electrons. The molecule has 0 rings (SSSR count). The molecule has 0 unspecified atom stereocenters. The van der Waals surface area contributed by atoms with Gasteiger partial charge in [0.25, 0.3) is 0 Å². The number of methoxy groups -OCH3 is 1. The zero-order chi connectivity index (χ0) is 13.1. The molecule has 4 heteroatoms. The summed E-state index contributed by atoms with van der Waals surface area (Å²) in [7, 11) is 1.73. The maximum atomic E-state index is 7.66. The van der Waals surface area contributed by atoms with Gasteiger partial charge in [0, 0.05) is 25.2 Å². The summed E-state index contributed by atoms with van der Waals surface area (Å²) in [5.41, 5.74) is 7.66. The summed E-state index contributed by atoms with van der Waals surface area (Å²) in [6.45, 7) is 10.0. The first-order valence-electron chi connectivity index (χ1n) is 6.24. The summed E-state index contributed by atoms with van der Waals surface area (Å²) in [4.78, 5) is 2.55. The highest BCUT2D eigenvalue weighted by atomic mass is 16.5. The summed E-state index contributed by atoms with van der Waals surface area (Å²) in [5.74, 6) is 0. The van der Waals surface area contributed by atoms with Gasteiger partial charge in [-0.05, 0) is 12.0 Å². The van der Waals surface area contributed by atoms with Crippen LogP contribution in [0.15, 0.2) is 5.11 Å². The van der Waals surface area contributed by atoms with E-state index in [1.165, 1.54) is 25.7 Å². The average molecular weight is 231 g/mol. The van der Waals surface area contributed by atoms with Crippen LogP contribution in [0.5, 0.6) is 0 Å². The van der Waals surface area contributed by atoms with E-state index in [4.69, 9.17) is 10.3 Å². The molecule has 4 nitrogen and oxygen atoms in total. The molecule has 0 aliphatic rings. The van der Waals surface area contributed by atoms with Crippen molar-refractivity contribution in [1.82, 2.24) is 0 Å². The molecule has 0 aliphatic carbocycles. The number of nitrogens with zero attached hydrogens (tertiary/aromatic N) is 3. The summed E-state index contributed by atoms with van der Waals surface area (Å²) in [6, 6.07) is 0. The molecule has 0 atom stereocenters. The highest BCUT2D eigenvalue weighted by Gasteiger charge is 1.74. The lowest BCUT2D eigenvalue weighted by Gasteiger charge is -1.89. The standard InChI is InChI=1S/C5H12O.C4H10.C3H7N3/c1-3-4-5-6-2;1-3-4-2;1-2-3-5-6-4/h3-5H2,1-2H3;3-4H2,1-2H3;2-3H2,1H3. The second-order valence-corrected chi connectivity index (χ2v) is 3.30. The maximum Gasteiger partial charge on any atom is 0.0462 e. The van der Waals surface area contributed by atoms with Crippen LogP contribution in [0.2, 0.25) is 0 Å². The highest BCUT2D eigenvalue weighted by molar-refractivity contribution is 4.40. The second-order valence-electron chi connectivity index (χ2n) is 3.30. The van der Waals surface area contributed by atoms with Crippen LogP contribution in [0.1, 0.15) is 59.8 Å². The van der Waals surface area contributed by atoms with Crippen LogP contribution in [0.3, 0.4) is 0 Å². The fraction of sp³-hybridized carbons (Fsp3) is 1.00. The molecule has 0 amide bonds. The number of unbranched alkanes of at least 4 members (excludes halogenated alkanes) is 2. The third kappa shape index (κ3) is 50.8. The molecule has 0 aromatic heterocycles. The summed E-state index contributed by atoms with van der Waals surface area (Å²) in [5, 5.41) is 3.27. The van der Waals surface area contributed by atoms with Crippen molar-refractivity contribution in [3.05, 3.63) is 10.4 Å². The van der Waals surface area contributed by atoms with Gasteiger partial charge in [-0.2, -0.15) is 0 Å². The van der Waals surface area contributed by atoms with E-state index in [9.17, 15) is 0 Å². The molecule has 0 saturated heterocycles. The van der Waals surface area contributed by atoms with E-state index in [1.807, 2.05) is 6.92 Å². The summed E-state index contributed by atoms with van der Waals surface area (Å²) >= 11 is 0. The Bertz CT molecular complexity index is 128. The third-order valence-corrected chi connectivity index (χ3v) is 1.59. The zero-order valence-electron chi connectivity index (χ0n) is 11.7. The molecular weight excluding hydrogens is 202 g/mol. The Balaban J connectivity index is -0.000000162. The minimum absolute atomic E-state index is 0.622. The lowest BCUT2D eigenvalue weighted by atomic mass is 10.4. The SMILES string of the molecule is CCCC.CCCCOC.CCCN=[N+]=[N-]. The monoisotopic (exact) mass is 231 g/mol. The third-order valence-electron chi connectivity index (χ3n) is 1.59. The van der Waals surface area contributed by atoms with Crippen molar-refractivity contribution in [1.29, 1.82) is 0 Å². The minimum Gasteiger partial charge on any atom is -0.385 e. The Hall–Kier alpha value is -0.730. The van der Waals surface area contributed by atoms with Crippen molar-refractivity contribution >= 4 is 0 Å². The number of hydrogen-bond acceptors (Lipinski definition) is 2. The van der Waals surface area contributed by atoms with Crippen molar-refractivity contribution in [2.24, 2.45) is 5.11 Å². The van der Waals surface area contributed by atoms with Crippen LogP contribution in [0, 0.1) is 0 Å².